The average molecular weight is 469 g/mol. The number of fused-ring (bicyclic) bond motifs is 1. The van der Waals surface area contributed by atoms with E-state index >= 15 is 0 Å². The van der Waals surface area contributed by atoms with Crippen molar-refractivity contribution in [2.24, 2.45) is 7.05 Å². The molecule has 166 valence electrons. The molecule has 32 heavy (non-hydrogen) atoms. The third-order valence-electron chi connectivity index (χ3n) is 5.58. The number of anilines is 4. The molecule has 2 aromatic carbocycles. The highest BCUT2D eigenvalue weighted by Gasteiger charge is 2.21. The zero-order valence-corrected chi connectivity index (χ0v) is 20.6. The molecule has 0 saturated carbocycles. The minimum Gasteiger partial charge on any atom is -0.338 e. The lowest BCUT2D eigenvalue weighted by Crippen LogP contribution is -2.15. The highest BCUT2D eigenvalue weighted by molar-refractivity contribution is 7.70. The number of halogens is 1. The Hall–Kier alpha value is -2.89. The number of nitrogens with one attached hydrogen (secondary N) is 2. The summed E-state index contributed by atoms with van der Waals surface area (Å²) in [5.41, 5.74) is 5.77. The van der Waals surface area contributed by atoms with Crippen molar-refractivity contribution in [2.75, 3.05) is 24.0 Å². The predicted molar refractivity (Wildman–Crippen MR) is 134 cm³/mol. The summed E-state index contributed by atoms with van der Waals surface area (Å²) in [5.74, 6) is 0.851. The van der Waals surface area contributed by atoms with Crippen molar-refractivity contribution in [2.45, 2.75) is 20.8 Å². The number of hydrogen-bond donors (Lipinski definition) is 2. The summed E-state index contributed by atoms with van der Waals surface area (Å²) in [4.78, 5) is 8.93. The van der Waals surface area contributed by atoms with Gasteiger partial charge in [0, 0.05) is 23.4 Å². The van der Waals surface area contributed by atoms with E-state index in [1.54, 1.807) is 19.5 Å². The van der Waals surface area contributed by atoms with Gasteiger partial charge in [0.05, 0.1) is 23.6 Å². The van der Waals surface area contributed by atoms with Crippen molar-refractivity contribution in [1.82, 2.24) is 19.7 Å². The van der Waals surface area contributed by atoms with Crippen LogP contribution in [0.2, 0.25) is 5.02 Å². The molecular formula is C23H26ClN6OP. The van der Waals surface area contributed by atoms with Gasteiger partial charge < -0.3 is 15.2 Å². The molecule has 7 nitrogen and oxygen atoms in total. The fourth-order valence-corrected chi connectivity index (χ4v) is 5.64. The molecule has 2 aromatic heterocycles. The largest absolute Gasteiger partial charge is 0.338 e. The number of hydrogen-bond acceptors (Lipinski definition) is 6. The van der Waals surface area contributed by atoms with Crippen LogP contribution in [-0.2, 0) is 11.6 Å². The standard InChI is InChI=1S/C23H26ClN6OP/c1-13-7-8-18(21(15(13)3)32(5,6)31)27-22-17(24)12-25-23(29-22)28-19-10-20-16(9-14(19)2)11-26-30(20)4/h7-12H,1-6H3,(H2,25,27,28,29). The van der Waals surface area contributed by atoms with Gasteiger partial charge in [-0.3, -0.25) is 4.68 Å². The zero-order chi connectivity index (χ0) is 23.2. The summed E-state index contributed by atoms with van der Waals surface area (Å²) in [7, 11) is -0.634. The van der Waals surface area contributed by atoms with Gasteiger partial charge in [0.15, 0.2) is 5.82 Å². The molecular weight excluding hydrogens is 443 g/mol. The summed E-state index contributed by atoms with van der Waals surface area (Å²) in [6, 6.07) is 8.01. The lowest BCUT2D eigenvalue weighted by atomic mass is 10.1. The summed E-state index contributed by atoms with van der Waals surface area (Å²) in [6.45, 7) is 9.56. The highest BCUT2D eigenvalue weighted by Crippen LogP contribution is 2.41. The molecule has 0 aliphatic rings. The third kappa shape index (κ3) is 4.23. The van der Waals surface area contributed by atoms with E-state index in [2.05, 4.69) is 31.8 Å². The van der Waals surface area contributed by atoms with Gasteiger partial charge in [0.2, 0.25) is 5.95 Å². The topological polar surface area (TPSA) is 84.7 Å². The molecule has 4 rings (SSSR count). The molecule has 0 amide bonds. The minimum atomic E-state index is -2.54. The minimum absolute atomic E-state index is 0.376. The second-order valence-electron chi connectivity index (χ2n) is 8.39. The molecule has 0 atom stereocenters. The quantitative estimate of drug-likeness (QED) is 0.367. The molecule has 0 aliphatic carbocycles. The van der Waals surface area contributed by atoms with E-state index in [1.807, 2.05) is 56.9 Å². The van der Waals surface area contributed by atoms with Crippen LogP contribution in [0.4, 0.5) is 23.1 Å². The van der Waals surface area contributed by atoms with E-state index in [4.69, 9.17) is 11.6 Å². The molecule has 2 heterocycles. The van der Waals surface area contributed by atoms with Crippen LogP contribution in [0.15, 0.2) is 36.7 Å². The zero-order valence-electron chi connectivity index (χ0n) is 19.0. The van der Waals surface area contributed by atoms with Crippen LogP contribution >= 0.6 is 18.7 Å². The van der Waals surface area contributed by atoms with Crippen LogP contribution in [-0.4, -0.2) is 33.1 Å². The predicted octanol–water partition coefficient (Wildman–Crippen LogP) is 5.68. The van der Waals surface area contributed by atoms with E-state index in [9.17, 15) is 4.57 Å². The van der Waals surface area contributed by atoms with Crippen molar-refractivity contribution in [3.63, 3.8) is 0 Å². The molecule has 4 aromatic rings. The Bertz CT molecular complexity index is 1390. The molecule has 9 heteroatoms. The molecule has 2 N–H and O–H groups in total. The summed E-state index contributed by atoms with van der Waals surface area (Å²) >= 11 is 6.41. The van der Waals surface area contributed by atoms with Crippen LogP contribution in [0.5, 0.6) is 0 Å². The normalized spacial score (nSPS) is 11.7. The fraction of sp³-hybridized carbons (Fsp3) is 0.261. The summed E-state index contributed by atoms with van der Waals surface area (Å²) in [6.07, 6.45) is 3.39. The third-order valence-corrected chi connectivity index (χ3v) is 7.51. The lowest BCUT2D eigenvalue weighted by molar-refractivity contribution is 0.588. The number of nitrogens with zero attached hydrogens (tertiary/aromatic N) is 4. The van der Waals surface area contributed by atoms with Crippen LogP contribution in [0.3, 0.4) is 0 Å². The summed E-state index contributed by atoms with van der Waals surface area (Å²) < 4.78 is 14.8. The second-order valence-corrected chi connectivity index (χ2v) is 11.9. The van der Waals surface area contributed by atoms with Gasteiger partial charge in [-0.1, -0.05) is 17.7 Å². The van der Waals surface area contributed by atoms with Gasteiger partial charge in [-0.2, -0.15) is 10.1 Å². The number of rotatable bonds is 5. The average Bonchev–Trinajstić information content (AvgIpc) is 3.06. The van der Waals surface area contributed by atoms with Gasteiger partial charge in [-0.25, -0.2) is 4.98 Å². The van der Waals surface area contributed by atoms with Crippen LogP contribution in [0.1, 0.15) is 16.7 Å². The monoisotopic (exact) mass is 468 g/mol. The van der Waals surface area contributed by atoms with Crippen molar-refractivity contribution >= 4 is 58.1 Å². The first kappa shape index (κ1) is 22.3. The van der Waals surface area contributed by atoms with Crippen molar-refractivity contribution in [1.29, 1.82) is 0 Å². The Morgan fingerprint density at radius 1 is 1.00 bits per heavy atom. The molecule has 0 bridgehead atoms. The number of benzene rings is 2. The van der Waals surface area contributed by atoms with Crippen molar-refractivity contribution in [3.05, 3.63) is 58.4 Å². The van der Waals surface area contributed by atoms with Crippen LogP contribution in [0, 0.1) is 20.8 Å². The second kappa shape index (κ2) is 8.23. The SMILES string of the molecule is Cc1cc2cnn(C)c2cc1Nc1ncc(Cl)c(Nc2ccc(C)c(C)c2P(C)(C)=O)n1. The maximum atomic E-state index is 13.0. The smallest absolute Gasteiger partial charge is 0.229 e. The van der Waals surface area contributed by atoms with Gasteiger partial charge >= 0.3 is 0 Å². The van der Waals surface area contributed by atoms with Crippen molar-refractivity contribution in [3.8, 4) is 0 Å². The van der Waals surface area contributed by atoms with Gasteiger partial charge in [0.1, 0.15) is 12.2 Å². The Morgan fingerprint density at radius 2 is 1.75 bits per heavy atom. The van der Waals surface area contributed by atoms with Crippen LogP contribution < -0.4 is 15.9 Å². The van der Waals surface area contributed by atoms with E-state index in [0.29, 0.717) is 16.8 Å². The molecule has 0 spiro atoms. The first-order valence-corrected chi connectivity index (χ1v) is 13.2. The van der Waals surface area contributed by atoms with Crippen molar-refractivity contribution < 1.29 is 4.57 Å². The first-order valence-electron chi connectivity index (χ1n) is 10.2. The highest BCUT2D eigenvalue weighted by atomic mass is 35.5. The van der Waals surface area contributed by atoms with E-state index in [0.717, 1.165) is 44.3 Å². The molecule has 0 radical (unpaired) electrons. The van der Waals surface area contributed by atoms with E-state index in [-0.39, 0.29) is 0 Å². The Balaban J connectivity index is 1.71. The molecule has 0 fully saturated rings. The van der Waals surface area contributed by atoms with Gasteiger partial charge in [-0.05, 0) is 69.0 Å². The van der Waals surface area contributed by atoms with Gasteiger partial charge in [-0.15, -0.1) is 0 Å². The maximum absolute atomic E-state index is 13.0. The molecule has 0 saturated heterocycles. The molecule has 0 aliphatic heterocycles. The van der Waals surface area contributed by atoms with Crippen LogP contribution in [0.25, 0.3) is 10.9 Å². The fourth-order valence-electron chi connectivity index (χ4n) is 3.81. The maximum Gasteiger partial charge on any atom is 0.229 e. The molecule has 0 unspecified atom stereocenters. The first-order chi connectivity index (χ1) is 15.0. The van der Waals surface area contributed by atoms with E-state index < -0.39 is 7.14 Å². The van der Waals surface area contributed by atoms with E-state index in [1.165, 1.54) is 0 Å². The number of aryl methyl sites for hydroxylation is 3. The number of aromatic nitrogens is 4. The Kier molecular flexibility index (Phi) is 5.74. The lowest BCUT2D eigenvalue weighted by Gasteiger charge is -2.19. The van der Waals surface area contributed by atoms with Gasteiger partial charge in [0.25, 0.3) is 0 Å². The summed E-state index contributed by atoms with van der Waals surface area (Å²) in [5, 5.41) is 13.1. The Labute approximate surface area is 192 Å². The Morgan fingerprint density at radius 3 is 2.47 bits per heavy atom.